The molecule has 0 amide bonds. The largest absolute Gasteiger partial charge is 0.472 e. The van der Waals surface area contributed by atoms with E-state index in [4.69, 9.17) is 24.3 Å². The molecule has 3 N–H and O–H groups in total. The second kappa shape index (κ2) is 66.3. The van der Waals surface area contributed by atoms with E-state index in [1.165, 1.54) is 64.2 Å². The molecule has 0 aliphatic heterocycles. The molecule has 0 saturated heterocycles. The number of hydrogen-bond donors (Lipinski definition) is 2. The van der Waals surface area contributed by atoms with Crippen molar-refractivity contribution in [3.8, 4) is 0 Å². The van der Waals surface area contributed by atoms with E-state index in [2.05, 4.69) is 196 Å². The van der Waals surface area contributed by atoms with Gasteiger partial charge in [-0.25, -0.2) is 4.57 Å². The fraction of sp³-hybridized carbons (Fsp3) is 0.562. The van der Waals surface area contributed by atoms with Gasteiger partial charge in [0.1, 0.15) is 6.61 Å². The average Bonchev–Trinajstić information content (AvgIpc) is 3.48. The minimum Gasteiger partial charge on any atom is -0.462 e. The van der Waals surface area contributed by atoms with Gasteiger partial charge in [-0.2, -0.15) is 0 Å². The molecule has 0 aliphatic carbocycles. The van der Waals surface area contributed by atoms with Gasteiger partial charge < -0.3 is 20.1 Å². The molecule has 0 fully saturated rings. The highest BCUT2D eigenvalue weighted by Gasteiger charge is 2.26. The molecule has 0 heterocycles. The zero-order valence-corrected chi connectivity index (χ0v) is 53.0. The number of phosphoric acid groups is 1. The molecular formula is C73H116NO8P. The zero-order chi connectivity index (χ0) is 60.1. The van der Waals surface area contributed by atoms with Crippen LogP contribution in [0.3, 0.4) is 0 Å². The molecule has 0 radical (unpaired) electrons. The van der Waals surface area contributed by atoms with Crippen LogP contribution in [0.4, 0.5) is 0 Å². The van der Waals surface area contributed by atoms with Gasteiger partial charge in [0.2, 0.25) is 0 Å². The number of hydrogen-bond acceptors (Lipinski definition) is 8. The summed E-state index contributed by atoms with van der Waals surface area (Å²) >= 11 is 0. The van der Waals surface area contributed by atoms with Gasteiger partial charge in [-0.1, -0.05) is 260 Å². The summed E-state index contributed by atoms with van der Waals surface area (Å²) in [5, 5.41) is 0. The number of esters is 2. The predicted octanol–water partition coefficient (Wildman–Crippen LogP) is 21.2. The van der Waals surface area contributed by atoms with Crippen molar-refractivity contribution in [1.82, 2.24) is 0 Å². The lowest BCUT2D eigenvalue weighted by molar-refractivity contribution is -0.161. The molecule has 0 aromatic heterocycles. The van der Waals surface area contributed by atoms with Gasteiger partial charge in [0.15, 0.2) is 6.10 Å². The third kappa shape index (κ3) is 66.1. The molecule has 0 aliphatic rings. The maximum Gasteiger partial charge on any atom is 0.472 e. The van der Waals surface area contributed by atoms with Crippen LogP contribution in [0.1, 0.15) is 232 Å². The normalized spacial score (nSPS) is 14.2. The van der Waals surface area contributed by atoms with Crippen molar-refractivity contribution < 1.29 is 37.6 Å². The Morgan fingerprint density at radius 2 is 0.663 bits per heavy atom. The minimum absolute atomic E-state index is 0.0349. The smallest absolute Gasteiger partial charge is 0.462 e. The second-order valence-electron chi connectivity index (χ2n) is 20.5. The number of carbonyl (C=O) groups is 2. The molecule has 2 unspecified atom stereocenters. The lowest BCUT2D eigenvalue weighted by Crippen LogP contribution is -2.29. The van der Waals surface area contributed by atoms with Gasteiger partial charge in [0, 0.05) is 19.4 Å². The van der Waals surface area contributed by atoms with Gasteiger partial charge in [-0.3, -0.25) is 18.6 Å². The highest BCUT2D eigenvalue weighted by atomic mass is 31.2. The highest BCUT2D eigenvalue weighted by molar-refractivity contribution is 7.47. The van der Waals surface area contributed by atoms with Crippen molar-refractivity contribution in [2.75, 3.05) is 26.4 Å². The Morgan fingerprint density at radius 1 is 0.373 bits per heavy atom. The van der Waals surface area contributed by atoms with E-state index in [9.17, 15) is 19.0 Å². The molecule has 83 heavy (non-hydrogen) atoms. The third-order valence-corrected chi connectivity index (χ3v) is 13.8. The number of allylic oxidation sites excluding steroid dienone is 30. The average molecular weight is 1170 g/mol. The number of unbranched alkanes of at least 4 members (excludes halogenated alkanes) is 15. The van der Waals surface area contributed by atoms with E-state index >= 15 is 0 Å². The fourth-order valence-electron chi connectivity index (χ4n) is 8.03. The van der Waals surface area contributed by atoms with Crippen molar-refractivity contribution in [3.63, 3.8) is 0 Å². The first-order valence-corrected chi connectivity index (χ1v) is 33.8. The standard InChI is InChI=1S/C73H116NO8P/c1-3-5-7-9-11-13-15-17-19-21-23-25-27-28-29-30-31-32-33-34-35-36-37-38-39-40-41-42-44-46-48-50-52-54-56-58-60-62-64-66-73(76)82-71(70-81-83(77,78)80-68-67-74)69-79-72(75)65-63-61-59-57-55-53-51-49-47-45-43-26-24-22-20-18-16-14-12-10-8-6-4-2/h5,7,11,13,16-19,22-25,28-29,31-32,34-35,37-38,40-41,43-46,50,52,56,58,71H,3-4,6,8-10,12,14-15,20-21,26-27,30,33,36,39,42,47-49,51,53-55,57,59-70,74H2,1-2H3,(H,77,78)/b7-5-,13-11-,18-16-,19-17-,24-22-,25-23-,29-28-,32-31-,35-34-,38-37-,41-40-,45-43-,46-44-,52-50-,58-56-. The van der Waals surface area contributed by atoms with Crippen LogP contribution in [0.15, 0.2) is 182 Å². The van der Waals surface area contributed by atoms with Gasteiger partial charge in [-0.15, -0.1) is 0 Å². The van der Waals surface area contributed by atoms with Crippen molar-refractivity contribution in [2.24, 2.45) is 5.73 Å². The van der Waals surface area contributed by atoms with Gasteiger partial charge in [-0.05, 0) is 141 Å². The van der Waals surface area contributed by atoms with Crippen LogP contribution in [0.2, 0.25) is 0 Å². The van der Waals surface area contributed by atoms with Crippen molar-refractivity contribution in [3.05, 3.63) is 182 Å². The Balaban J connectivity index is 4.12. The first kappa shape index (κ1) is 78.1. The Bertz CT molecular complexity index is 2010. The van der Waals surface area contributed by atoms with E-state index in [-0.39, 0.29) is 32.6 Å². The number of ether oxygens (including phenoxy) is 2. The molecule has 0 aromatic carbocycles. The molecule has 0 bridgehead atoms. The van der Waals surface area contributed by atoms with Gasteiger partial charge in [0.25, 0.3) is 0 Å². The van der Waals surface area contributed by atoms with E-state index in [1.807, 2.05) is 0 Å². The van der Waals surface area contributed by atoms with Crippen molar-refractivity contribution in [1.29, 1.82) is 0 Å². The molecular weight excluding hydrogens is 1050 g/mol. The highest BCUT2D eigenvalue weighted by Crippen LogP contribution is 2.43. The molecule has 466 valence electrons. The summed E-state index contributed by atoms with van der Waals surface area (Å²) in [5.41, 5.74) is 5.38. The molecule has 9 nitrogen and oxygen atoms in total. The minimum atomic E-state index is -4.42. The zero-order valence-electron chi connectivity index (χ0n) is 52.1. The molecule has 0 spiro atoms. The first-order chi connectivity index (χ1) is 40.8. The van der Waals surface area contributed by atoms with Crippen LogP contribution in [-0.4, -0.2) is 49.3 Å². The molecule has 0 aromatic rings. The van der Waals surface area contributed by atoms with Gasteiger partial charge >= 0.3 is 19.8 Å². The fourth-order valence-corrected chi connectivity index (χ4v) is 8.80. The SMILES string of the molecule is CC/C=C\C/C=C\C/C=C\C/C=C\C/C=C\C/C=C\C/C=C\C/C=C\C/C=C\C/C=C\C/C=C\C/C=C\CCCCC(=O)OC(COC(=O)CCCCCCCCCC/C=C\C/C=C\C/C=C\CCCCCCC)COP(=O)(O)OCCN. The Hall–Kier alpha value is -4.89. The van der Waals surface area contributed by atoms with E-state index in [0.29, 0.717) is 12.8 Å². The Labute approximate surface area is 507 Å². The maximum absolute atomic E-state index is 12.7. The molecule has 0 saturated carbocycles. The molecule has 2 atom stereocenters. The number of rotatable bonds is 58. The summed E-state index contributed by atoms with van der Waals surface area (Å²) in [6.45, 7) is 3.54. The summed E-state index contributed by atoms with van der Waals surface area (Å²) in [4.78, 5) is 35.2. The third-order valence-electron chi connectivity index (χ3n) is 12.8. The first-order valence-electron chi connectivity index (χ1n) is 32.3. The quantitative estimate of drug-likeness (QED) is 0.0264. The lowest BCUT2D eigenvalue weighted by atomic mass is 10.1. The Kier molecular flexibility index (Phi) is 62.3. The summed E-state index contributed by atoms with van der Waals surface area (Å²) in [7, 11) is -4.42. The van der Waals surface area contributed by atoms with Crippen LogP contribution >= 0.6 is 7.82 Å². The summed E-state index contributed by atoms with van der Waals surface area (Å²) in [5.74, 6) is -0.901. The van der Waals surface area contributed by atoms with Crippen LogP contribution in [0.25, 0.3) is 0 Å². The summed E-state index contributed by atoms with van der Waals surface area (Å²) in [6, 6.07) is 0. The number of phosphoric ester groups is 1. The van der Waals surface area contributed by atoms with Crippen LogP contribution in [-0.2, 0) is 32.7 Å². The maximum atomic E-state index is 12.7. The lowest BCUT2D eigenvalue weighted by Gasteiger charge is -2.19. The topological polar surface area (TPSA) is 134 Å². The number of nitrogens with two attached hydrogens (primary N) is 1. The summed E-state index contributed by atoms with van der Waals surface area (Å²) < 4.78 is 33.0. The van der Waals surface area contributed by atoms with Crippen molar-refractivity contribution in [2.45, 2.75) is 238 Å². The van der Waals surface area contributed by atoms with Crippen molar-refractivity contribution >= 4 is 19.8 Å². The monoisotopic (exact) mass is 1170 g/mol. The second-order valence-corrected chi connectivity index (χ2v) is 22.0. The van der Waals surface area contributed by atoms with E-state index < -0.39 is 32.5 Å². The van der Waals surface area contributed by atoms with Gasteiger partial charge in [0.05, 0.1) is 13.2 Å². The van der Waals surface area contributed by atoms with Crippen LogP contribution in [0.5, 0.6) is 0 Å². The van der Waals surface area contributed by atoms with E-state index in [1.54, 1.807) is 0 Å². The molecule has 0 rings (SSSR count). The summed E-state index contributed by atoms with van der Waals surface area (Å²) in [6.07, 6.45) is 99.6. The Morgan fingerprint density at radius 3 is 1.01 bits per heavy atom. The van der Waals surface area contributed by atoms with E-state index in [0.717, 1.165) is 128 Å². The van der Waals surface area contributed by atoms with Crippen LogP contribution < -0.4 is 5.73 Å². The molecule has 10 heteroatoms. The predicted molar refractivity (Wildman–Crippen MR) is 357 cm³/mol. The number of carbonyl (C=O) groups excluding carboxylic acids is 2. The van der Waals surface area contributed by atoms with Crippen LogP contribution in [0, 0.1) is 0 Å².